The van der Waals surface area contributed by atoms with Gasteiger partial charge in [0.1, 0.15) is 0 Å². The van der Waals surface area contributed by atoms with E-state index >= 15 is 0 Å². The molecule has 0 aromatic heterocycles. The largest absolute Gasteiger partial charge is 0.387 e. The van der Waals surface area contributed by atoms with Crippen LogP contribution in [-0.4, -0.2) is 48.7 Å². The molecule has 0 saturated heterocycles. The van der Waals surface area contributed by atoms with Crippen molar-refractivity contribution >= 4 is 5.91 Å². The van der Waals surface area contributed by atoms with Crippen LogP contribution in [0, 0.1) is 17.8 Å². The number of hydrogen-bond acceptors (Lipinski definition) is 3. The van der Waals surface area contributed by atoms with E-state index in [2.05, 4.69) is 5.32 Å². The number of hydrogen-bond donors (Lipinski definition) is 2. The van der Waals surface area contributed by atoms with Crippen LogP contribution < -0.4 is 5.32 Å². The molecule has 0 aromatic carbocycles. The van der Waals surface area contributed by atoms with Gasteiger partial charge in [0, 0.05) is 19.0 Å². The fraction of sp³-hybridized carbons (Fsp3) is 0.923. The first-order valence-electron chi connectivity index (χ1n) is 6.55. The number of likely N-dealkylation sites (N-methyl/N-ethyl adjacent to an activating group) is 1. The summed E-state index contributed by atoms with van der Waals surface area (Å²) in [7, 11) is 3.84. The van der Waals surface area contributed by atoms with Crippen molar-refractivity contribution in [3.63, 3.8) is 0 Å². The number of rotatable bonds is 5. The Labute approximate surface area is 103 Å². The van der Waals surface area contributed by atoms with Crippen LogP contribution in [-0.2, 0) is 4.79 Å². The van der Waals surface area contributed by atoms with Gasteiger partial charge >= 0.3 is 0 Å². The molecule has 0 bridgehead atoms. The molecule has 2 aliphatic rings. The van der Waals surface area contributed by atoms with E-state index < -0.39 is 5.60 Å². The van der Waals surface area contributed by atoms with Gasteiger partial charge in [-0.05, 0) is 45.7 Å². The van der Waals surface area contributed by atoms with Crippen LogP contribution in [0.25, 0.3) is 0 Å². The fourth-order valence-corrected chi connectivity index (χ4v) is 3.34. The molecular formula is C13H24N2O2. The lowest BCUT2D eigenvalue weighted by atomic mass is 10.1. The Kier molecular flexibility index (Phi) is 3.46. The third-order valence-electron chi connectivity index (χ3n) is 4.01. The highest BCUT2D eigenvalue weighted by atomic mass is 16.3. The van der Waals surface area contributed by atoms with E-state index in [1.54, 1.807) is 6.92 Å². The molecule has 98 valence electrons. The predicted molar refractivity (Wildman–Crippen MR) is 66.5 cm³/mol. The molecule has 0 spiro atoms. The Bertz CT molecular complexity index is 292. The number of nitrogens with zero attached hydrogens (tertiary/aromatic N) is 1. The smallest absolute Gasteiger partial charge is 0.223 e. The van der Waals surface area contributed by atoms with E-state index in [9.17, 15) is 9.90 Å². The second-order valence-corrected chi connectivity index (χ2v) is 6.24. The summed E-state index contributed by atoms with van der Waals surface area (Å²) >= 11 is 0. The Balaban J connectivity index is 1.73. The van der Waals surface area contributed by atoms with Crippen LogP contribution in [0.4, 0.5) is 0 Å². The monoisotopic (exact) mass is 240 g/mol. The summed E-state index contributed by atoms with van der Waals surface area (Å²) in [5.41, 5.74) is -0.844. The van der Waals surface area contributed by atoms with Crippen molar-refractivity contribution in [1.29, 1.82) is 0 Å². The molecule has 1 amide bonds. The number of fused-ring (bicyclic) bond motifs is 1. The van der Waals surface area contributed by atoms with Crippen LogP contribution in [0.1, 0.15) is 26.2 Å². The van der Waals surface area contributed by atoms with E-state index in [1.807, 2.05) is 19.0 Å². The van der Waals surface area contributed by atoms with Crippen molar-refractivity contribution in [3.8, 4) is 0 Å². The second-order valence-electron chi connectivity index (χ2n) is 6.24. The third kappa shape index (κ3) is 2.99. The fourth-order valence-electron chi connectivity index (χ4n) is 3.34. The van der Waals surface area contributed by atoms with Gasteiger partial charge in [-0.15, -0.1) is 0 Å². The van der Waals surface area contributed by atoms with Gasteiger partial charge in [0.15, 0.2) is 0 Å². The number of aliphatic hydroxyl groups is 1. The molecular weight excluding hydrogens is 216 g/mol. The van der Waals surface area contributed by atoms with Gasteiger partial charge in [-0.2, -0.15) is 0 Å². The van der Waals surface area contributed by atoms with Gasteiger partial charge in [0.05, 0.1) is 5.60 Å². The summed E-state index contributed by atoms with van der Waals surface area (Å²) < 4.78 is 0. The third-order valence-corrected chi connectivity index (χ3v) is 4.01. The van der Waals surface area contributed by atoms with Crippen molar-refractivity contribution in [2.24, 2.45) is 17.8 Å². The Morgan fingerprint density at radius 3 is 2.53 bits per heavy atom. The molecule has 17 heavy (non-hydrogen) atoms. The topological polar surface area (TPSA) is 52.6 Å². The van der Waals surface area contributed by atoms with E-state index in [0.29, 0.717) is 24.9 Å². The summed E-state index contributed by atoms with van der Waals surface area (Å²) in [5, 5.41) is 13.0. The molecule has 2 fully saturated rings. The number of nitrogens with one attached hydrogen (secondary N) is 1. The van der Waals surface area contributed by atoms with E-state index in [0.717, 1.165) is 0 Å². The maximum absolute atomic E-state index is 11.9. The first kappa shape index (κ1) is 12.8. The quantitative estimate of drug-likeness (QED) is 0.734. The normalized spacial score (nSPS) is 34.3. The number of amides is 1. The van der Waals surface area contributed by atoms with Gasteiger partial charge in [-0.3, -0.25) is 4.79 Å². The summed E-state index contributed by atoms with van der Waals surface area (Å²) in [4.78, 5) is 13.8. The molecule has 3 atom stereocenters. The van der Waals surface area contributed by atoms with Gasteiger partial charge in [0.25, 0.3) is 0 Å². The molecule has 3 unspecified atom stereocenters. The van der Waals surface area contributed by atoms with Crippen LogP contribution in [0.2, 0.25) is 0 Å². The van der Waals surface area contributed by atoms with Crippen LogP contribution in [0.3, 0.4) is 0 Å². The Morgan fingerprint density at radius 1 is 1.41 bits per heavy atom. The van der Waals surface area contributed by atoms with Gasteiger partial charge < -0.3 is 15.3 Å². The lowest BCUT2D eigenvalue weighted by Crippen LogP contribution is -2.47. The molecule has 0 heterocycles. The minimum atomic E-state index is -0.844. The van der Waals surface area contributed by atoms with Gasteiger partial charge in [0.2, 0.25) is 5.91 Å². The van der Waals surface area contributed by atoms with Crippen LogP contribution in [0.15, 0.2) is 0 Å². The molecule has 0 radical (unpaired) electrons. The first-order chi connectivity index (χ1) is 7.91. The zero-order chi connectivity index (χ0) is 12.6. The Hall–Kier alpha value is -0.610. The summed E-state index contributed by atoms with van der Waals surface area (Å²) in [6.45, 7) is 2.67. The average Bonchev–Trinajstić information content (AvgIpc) is 2.67. The maximum atomic E-state index is 11.9. The average molecular weight is 240 g/mol. The molecule has 2 rings (SSSR count). The highest BCUT2D eigenvalue weighted by Crippen LogP contribution is 2.57. The molecule has 2 N–H and O–H groups in total. The van der Waals surface area contributed by atoms with Crippen LogP contribution >= 0.6 is 0 Å². The first-order valence-corrected chi connectivity index (χ1v) is 6.55. The summed E-state index contributed by atoms with van der Waals surface area (Å²) in [6, 6.07) is 0. The van der Waals surface area contributed by atoms with Crippen molar-refractivity contribution in [1.82, 2.24) is 10.2 Å². The molecule has 0 aromatic rings. The molecule has 2 saturated carbocycles. The standard InChI is InChI=1S/C13H24N2O2/c1-13(17,8-15(2)3)7-14-12(16)11-9-5-4-6-10(9)11/h9-11,17H,4-8H2,1-3H3,(H,14,16). The predicted octanol–water partition coefficient (Wildman–Crippen LogP) is 0.461. The zero-order valence-corrected chi connectivity index (χ0v) is 11.1. The second kappa shape index (κ2) is 4.58. The van der Waals surface area contributed by atoms with Gasteiger partial charge in [-0.1, -0.05) is 6.42 Å². The van der Waals surface area contributed by atoms with E-state index in [-0.39, 0.29) is 11.8 Å². The maximum Gasteiger partial charge on any atom is 0.223 e. The highest BCUT2D eigenvalue weighted by molar-refractivity contribution is 5.82. The minimum absolute atomic E-state index is 0.152. The van der Waals surface area contributed by atoms with Gasteiger partial charge in [-0.25, -0.2) is 0 Å². The highest BCUT2D eigenvalue weighted by Gasteiger charge is 2.56. The van der Waals surface area contributed by atoms with Crippen LogP contribution in [0.5, 0.6) is 0 Å². The summed E-state index contributed by atoms with van der Waals surface area (Å²) in [5.74, 6) is 1.69. The molecule has 2 aliphatic carbocycles. The zero-order valence-electron chi connectivity index (χ0n) is 11.1. The van der Waals surface area contributed by atoms with Crippen molar-refractivity contribution in [2.75, 3.05) is 27.2 Å². The van der Waals surface area contributed by atoms with E-state index in [4.69, 9.17) is 0 Å². The number of carbonyl (C=O) groups excluding carboxylic acids is 1. The Morgan fingerprint density at radius 2 is 2.00 bits per heavy atom. The van der Waals surface area contributed by atoms with Crippen molar-refractivity contribution in [2.45, 2.75) is 31.8 Å². The lowest BCUT2D eigenvalue weighted by molar-refractivity contribution is -0.124. The van der Waals surface area contributed by atoms with E-state index in [1.165, 1.54) is 19.3 Å². The molecule has 4 nitrogen and oxygen atoms in total. The molecule has 4 heteroatoms. The SMILES string of the molecule is CN(C)CC(C)(O)CNC(=O)C1C2CCCC21. The summed E-state index contributed by atoms with van der Waals surface area (Å²) in [6.07, 6.45) is 3.73. The molecule has 0 aliphatic heterocycles. The van der Waals surface area contributed by atoms with Crippen molar-refractivity contribution in [3.05, 3.63) is 0 Å². The van der Waals surface area contributed by atoms with Crippen molar-refractivity contribution < 1.29 is 9.90 Å². The lowest BCUT2D eigenvalue weighted by Gasteiger charge is -2.27. The minimum Gasteiger partial charge on any atom is -0.387 e. The number of carbonyl (C=O) groups is 1.